The van der Waals surface area contributed by atoms with Gasteiger partial charge in [0.1, 0.15) is 17.9 Å². The molecular formula is C15H14N4O4. The van der Waals surface area contributed by atoms with E-state index in [-0.39, 0.29) is 18.0 Å². The van der Waals surface area contributed by atoms with Gasteiger partial charge in [-0.25, -0.2) is 9.78 Å². The van der Waals surface area contributed by atoms with Crippen LogP contribution in [-0.4, -0.2) is 24.8 Å². The van der Waals surface area contributed by atoms with Gasteiger partial charge in [0.25, 0.3) is 5.69 Å². The van der Waals surface area contributed by atoms with Crippen LogP contribution in [0, 0.1) is 17.0 Å². The molecule has 3 heterocycles. The number of fused-ring (bicyclic) bond motifs is 1. The summed E-state index contributed by atoms with van der Waals surface area (Å²) >= 11 is 0. The number of rotatable bonds is 4. The maximum absolute atomic E-state index is 12.0. The Hall–Kier alpha value is -3.16. The predicted octanol–water partition coefficient (Wildman–Crippen LogP) is 2.25. The third-order valence-corrected chi connectivity index (χ3v) is 3.41. The molecule has 0 saturated heterocycles. The fourth-order valence-electron chi connectivity index (χ4n) is 2.29. The number of hydrogen-bond donors (Lipinski definition) is 0. The Morgan fingerprint density at radius 3 is 2.83 bits per heavy atom. The molecule has 0 atom stereocenters. The molecule has 0 saturated carbocycles. The SMILES string of the molecule is Cc1ccc2nc(COC(=O)c3cc([N+](=O)[O-])cn3C)cn2c1. The van der Waals surface area contributed by atoms with Gasteiger partial charge in [-0.15, -0.1) is 0 Å². The minimum atomic E-state index is -0.631. The number of carbonyl (C=O) groups excluding carboxylic acids is 1. The summed E-state index contributed by atoms with van der Waals surface area (Å²) in [7, 11) is 1.55. The molecule has 23 heavy (non-hydrogen) atoms. The second-order valence-corrected chi connectivity index (χ2v) is 5.23. The first kappa shape index (κ1) is 14.8. The first-order chi connectivity index (χ1) is 10.9. The van der Waals surface area contributed by atoms with Crippen LogP contribution in [0.1, 0.15) is 21.7 Å². The normalized spacial score (nSPS) is 10.9. The quantitative estimate of drug-likeness (QED) is 0.418. The molecule has 3 rings (SSSR count). The van der Waals surface area contributed by atoms with Gasteiger partial charge >= 0.3 is 5.97 Å². The Morgan fingerprint density at radius 2 is 2.13 bits per heavy atom. The molecule has 0 radical (unpaired) electrons. The van der Waals surface area contributed by atoms with E-state index in [2.05, 4.69) is 4.98 Å². The van der Waals surface area contributed by atoms with Crippen molar-refractivity contribution >= 4 is 17.3 Å². The van der Waals surface area contributed by atoms with Gasteiger partial charge < -0.3 is 13.7 Å². The summed E-state index contributed by atoms with van der Waals surface area (Å²) in [5, 5.41) is 10.7. The van der Waals surface area contributed by atoms with Gasteiger partial charge in [-0.2, -0.15) is 0 Å². The van der Waals surface area contributed by atoms with Gasteiger partial charge in [0.05, 0.1) is 16.8 Å². The molecule has 8 nitrogen and oxygen atoms in total. The van der Waals surface area contributed by atoms with Gasteiger partial charge in [0.15, 0.2) is 0 Å². The van der Waals surface area contributed by atoms with E-state index in [1.807, 2.05) is 29.7 Å². The Kier molecular flexibility index (Phi) is 3.57. The summed E-state index contributed by atoms with van der Waals surface area (Å²) in [4.78, 5) is 26.6. The van der Waals surface area contributed by atoms with Crippen LogP contribution >= 0.6 is 0 Å². The number of carbonyl (C=O) groups is 1. The highest BCUT2D eigenvalue weighted by atomic mass is 16.6. The topological polar surface area (TPSA) is 91.7 Å². The molecular weight excluding hydrogens is 300 g/mol. The van der Waals surface area contributed by atoms with Gasteiger partial charge in [0.2, 0.25) is 0 Å². The average Bonchev–Trinajstić information content (AvgIpc) is 3.07. The molecule has 8 heteroatoms. The Bertz CT molecular complexity index is 909. The zero-order valence-electron chi connectivity index (χ0n) is 12.6. The zero-order valence-corrected chi connectivity index (χ0v) is 12.6. The number of aryl methyl sites for hydroxylation is 2. The van der Waals surface area contributed by atoms with Crippen molar-refractivity contribution in [3.05, 3.63) is 63.9 Å². The third-order valence-electron chi connectivity index (χ3n) is 3.41. The highest BCUT2D eigenvalue weighted by molar-refractivity contribution is 5.88. The van der Waals surface area contributed by atoms with E-state index >= 15 is 0 Å². The lowest BCUT2D eigenvalue weighted by Gasteiger charge is -2.02. The summed E-state index contributed by atoms with van der Waals surface area (Å²) in [5.41, 5.74) is 2.43. The van der Waals surface area contributed by atoms with Crippen LogP contribution in [0.2, 0.25) is 0 Å². The van der Waals surface area contributed by atoms with E-state index in [4.69, 9.17) is 4.74 Å². The molecule has 3 aromatic rings. The van der Waals surface area contributed by atoms with Crippen LogP contribution in [0.15, 0.2) is 36.8 Å². The summed E-state index contributed by atoms with van der Waals surface area (Å²) in [5.74, 6) is -0.631. The van der Waals surface area contributed by atoms with Crippen molar-refractivity contribution in [1.29, 1.82) is 0 Å². The summed E-state index contributed by atoms with van der Waals surface area (Å²) in [6.07, 6.45) is 4.97. The number of aromatic nitrogens is 3. The van der Waals surface area contributed by atoms with E-state index in [0.717, 1.165) is 11.2 Å². The van der Waals surface area contributed by atoms with E-state index in [1.54, 1.807) is 13.2 Å². The largest absolute Gasteiger partial charge is 0.454 e. The summed E-state index contributed by atoms with van der Waals surface area (Å²) < 4.78 is 8.41. The summed E-state index contributed by atoms with van der Waals surface area (Å²) in [6.45, 7) is 1.97. The number of ether oxygens (including phenoxy) is 1. The standard InChI is InChI=1S/C15H14N4O4/c1-10-3-4-14-16-11(7-18(14)6-10)9-23-15(20)13-5-12(19(21)22)8-17(13)2/h3-8H,9H2,1-2H3. The number of imidazole rings is 1. The van der Waals surface area contributed by atoms with E-state index < -0.39 is 10.9 Å². The molecule has 0 bridgehead atoms. The molecule has 0 fully saturated rings. The Balaban J connectivity index is 1.74. The number of hydrogen-bond acceptors (Lipinski definition) is 5. The van der Waals surface area contributed by atoms with Crippen LogP contribution in [-0.2, 0) is 18.4 Å². The highest BCUT2D eigenvalue weighted by Crippen LogP contribution is 2.16. The van der Waals surface area contributed by atoms with Crippen molar-refractivity contribution in [2.45, 2.75) is 13.5 Å². The average molecular weight is 314 g/mol. The van der Waals surface area contributed by atoms with Gasteiger partial charge in [-0.3, -0.25) is 10.1 Å². The van der Waals surface area contributed by atoms with Crippen molar-refractivity contribution in [2.75, 3.05) is 0 Å². The fourth-order valence-corrected chi connectivity index (χ4v) is 2.29. The maximum Gasteiger partial charge on any atom is 0.355 e. The molecule has 0 aromatic carbocycles. The van der Waals surface area contributed by atoms with Gasteiger partial charge in [-0.1, -0.05) is 6.07 Å². The Morgan fingerprint density at radius 1 is 1.35 bits per heavy atom. The number of nitrogens with zero attached hydrogens (tertiary/aromatic N) is 4. The van der Waals surface area contributed by atoms with Crippen LogP contribution < -0.4 is 0 Å². The predicted molar refractivity (Wildman–Crippen MR) is 81.1 cm³/mol. The number of nitro groups is 1. The summed E-state index contributed by atoms with van der Waals surface area (Å²) in [6, 6.07) is 5.01. The third kappa shape index (κ3) is 2.91. The van der Waals surface area contributed by atoms with E-state index in [0.29, 0.717) is 5.69 Å². The van der Waals surface area contributed by atoms with E-state index in [9.17, 15) is 14.9 Å². The minimum absolute atomic E-state index is 0.00145. The van der Waals surface area contributed by atoms with Crippen molar-refractivity contribution in [1.82, 2.24) is 14.0 Å². The highest BCUT2D eigenvalue weighted by Gasteiger charge is 2.19. The lowest BCUT2D eigenvalue weighted by atomic mass is 10.3. The number of esters is 1. The van der Waals surface area contributed by atoms with Crippen LogP contribution in [0.3, 0.4) is 0 Å². The fraction of sp³-hybridized carbons (Fsp3) is 0.200. The van der Waals surface area contributed by atoms with Crippen molar-refractivity contribution in [2.24, 2.45) is 7.05 Å². The van der Waals surface area contributed by atoms with E-state index in [1.165, 1.54) is 16.8 Å². The molecule has 0 aliphatic rings. The molecule has 0 spiro atoms. The van der Waals surface area contributed by atoms with Gasteiger partial charge in [0, 0.05) is 25.5 Å². The van der Waals surface area contributed by atoms with Crippen molar-refractivity contribution < 1.29 is 14.5 Å². The smallest absolute Gasteiger partial charge is 0.355 e. The molecule has 0 aliphatic carbocycles. The lowest BCUT2D eigenvalue weighted by Crippen LogP contribution is -2.09. The lowest BCUT2D eigenvalue weighted by molar-refractivity contribution is -0.384. The maximum atomic E-state index is 12.0. The van der Waals surface area contributed by atoms with Crippen LogP contribution in [0.4, 0.5) is 5.69 Å². The van der Waals surface area contributed by atoms with Crippen LogP contribution in [0.25, 0.3) is 5.65 Å². The van der Waals surface area contributed by atoms with Gasteiger partial charge in [-0.05, 0) is 18.6 Å². The second-order valence-electron chi connectivity index (χ2n) is 5.23. The molecule has 118 valence electrons. The Labute approximate surface area is 131 Å². The molecule has 3 aromatic heterocycles. The monoisotopic (exact) mass is 314 g/mol. The molecule has 0 N–H and O–H groups in total. The molecule has 0 amide bonds. The first-order valence-electron chi connectivity index (χ1n) is 6.86. The second kappa shape index (κ2) is 5.56. The first-order valence-corrected chi connectivity index (χ1v) is 6.86. The van der Waals surface area contributed by atoms with Crippen LogP contribution in [0.5, 0.6) is 0 Å². The van der Waals surface area contributed by atoms with Crippen molar-refractivity contribution in [3.63, 3.8) is 0 Å². The number of pyridine rings is 1. The van der Waals surface area contributed by atoms with Crippen molar-refractivity contribution in [3.8, 4) is 0 Å². The zero-order chi connectivity index (χ0) is 16.6. The minimum Gasteiger partial charge on any atom is -0.454 e. The molecule has 0 unspecified atom stereocenters. The molecule has 0 aliphatic heterocycles.